The third-order valence-electron chi connectivity index (χ3n) is 1.63. The number of hydrogen-bond donors (Lipinski definition) is 1. The molecule has 0 amide bonds. The van der Waals surface area contributed by atoms with E-state index in [0.29, 0.717) is 11.5 Å². The molecule has 4 nitrogen and oxygen atoms in total. The topological polar surface area (TPSA) is 63.3 Å². The number of carbonyl (C=O) groups is 1. The number of rotatable bonds is 2. The summed E-state index contributed by atoms with van der Waals surface area (Å²) in [6.45, 7) is 5.95. The molecule has 1 rings (SSSR count). The highest BCUT2D eigenvalue weighted by atomic mass is 16.5. The third kappa shape index (κ3) is 2.57. The molecule has 0 unspecified atom stereocenters. The highest BCUT2D eigenvalue weighted by Gasteiger charge is 2.20. The van der Waals surface area contributed by atoms with Gasteiger partial charge in [0.25, 0.3) is 0 Å². The molecule has 0 radical (unpaired) electrons. The first-order chi connectivity index (χ1) is 5.89. The molecule has 0 bridgehead atoms. The minimum absolute atomic E-state index is 0.0838. The fraction of sp³-hybridized carbons (Fsp3) is 0.556. The van der Waals surface area contributed by atoms with E-state index in [1.54, 1.807) is 6.07 Å². The van der Waals surface area contributed by atoms with Crippen LogP contribution in [0.25, 0.3) is 0 Å². The Bertz CT molecular complexity index is 309. The van der Waals surface area contributed by atoms with Gasteiger partial charge in [0.05, 0.1) is 12.1 Å². The fourth-order valence-electron chi connectivity index (χ4n) is 0.904. The zero-order chi connectivity index (χ0) is 10.1. The Morgan fingerprint density at radius 1 is 1.62 bits per heavy atom. The zero-order valence-corrected chi connectivity index (χ0v) is 8.00. The maximum atomic E-state index is 10.3. The van der Waals surface area contributed by atoms with Crippen LogP contribution in [0.5, 0.6) is 0 Å². The number of aliphatic carboxylic acids is 1. The lowest BCUT2D eigenvalue weighted by Crippen LogP contribution is -2.09. The number of carboxylic acid groups (broad SMARTS) is 1. The van der Waals surface area contributed by atoms with Crippen molar-refractivity contribution in [2.75, 3.05) is 0 Å². The van der Waals surface area contributed by atoms with Gasteiger partial charge in [0.1, 0.15) is 5.76 Å². The lowest BCUT2D eigenvalue weighted by molar-refractivity contribution is -0.136. The number of aromatic nitrogens is 1. The molecule has 1 N–H and O–H groups in total. The minimum Gasteiger partial charge on any atom is -0.481 e. The number of carboxylic acids is 1. The lowest BCUT2D eigenvalue weighted by Gasteiger charge is -2.12. The molecule has 0 aromatic carbocycles. The summed E-state index contributed by atoms with van der Waals surface area (Å²) < 4.78 is 5.02. The zero-order valence-electron chi connectivity index (χ0n) is 8.00. The monoisotopic (exact) mass is 183 g/mol. The van der Waals surface area contributed by atoms with Gasteiger partial charge in [0, 0.05) is 11.5 Å². The maximum Gasteiger partial charge on any atom is 0.309 e. The Kier molecular flexibility index (Phi) is 2.40. The fourth-order valence-corrected chi connectivity index (χ4v) is 0.904. The van der Waals surface area contributed by atoms with Crippen molar-refractivity contribution < 1.29 is 14.4 Å². The van der Waals surface area contributed by atoms with Crippen molar-refractivity contribution in [1.82, 2.24) is 5.16 Å². The molecule has 0 aliphatic rings. The van der Waals surface area contributed by atoms with Crippen LogP contribution in [0.2, 0.25) is 0 Å². The Morgan fingerprint density at radius 3 is 2.62 bits per heavy atom. The summed E-state index contributed by atoms with van der Waals surface area (Å²) in [6, 6.07) is 1.69. The first-order valence-corrected chi connectivity index (χ1v) is 4.07. The second kappa shape index (κ2) is 3.20. The summed E-state index contributed by atoms with van der Waals surface area (Å²) in [5, 5.41) is 12.2. The van der Waals surface area contributed by atoms with Gasteiger partial charge in [0.15, 0.2) is 0 Å². The third-order valence-corrected chi connectivity index (χ3v) is 1.63. The molecule has 0 aliphatic heterocycles. The second-order valence-electron chi connectivity index (χ2n) is 4.00. The summed E-state index contributed by atoms with van der Waals surface area (Å²) in [7, 11) is 0. The van der Waals surface area contributed by atoms with Crippen molar-refractivity contribution in [2.24, 2.45) is 0 Å². The van der Waals surface area contributed by atoms with E-state index in [1.807, 2.05) is 20.8 Å². The molecule has 0 saturated heterocycles. The molecule has 1 heterocycles. The van der Waals surface area contributed by atoms with Crippen LogP contribution in [-0.2, 0) is 16.6 Å². The standard InChI is InChI=1S/C9H13NO3/c1-9(2,3)7-4-6(10-13-7)5-8(11)12/h4H,5H2,1-3H3,(H,11,12). The van der Waals surface area contributed by atoms with Crippen LogP contribution in [0, 0.1) is 0 Å². The molecule has 1 aromatic rings. The summed E-state index contributed by atoms with van der Waals surface area (Å²) in [4.78, 5) is 10.3. The van der Waals surface area contributed by atoms with E-state index in [4.69, 9.17) is 9.63 Å². The summed E-state index contributed by atoms with van der Waals surface area (Å²) >= 11 is 0. The van der Waals surface area contributed by atoms with Gasteiger partial charge in [0.2, 0.25) is 0 Å². The highest BCUT2D eigenvalue weighted by Crippen LogP contribution is 2.22. The van der Waals surface area contributed by atoms with Gasteiger partial charge < -0.3 is 9.63 Å². The Labute approximate surface area is 76.5 Å². The Hall–Kier alpha value is -1.32. The lowest BCUT2D eigenvalue weighted by atomic mass is 9.93. The van der Waals surface area contributed by atoms with Gasteiger partial charge in [-0.3, -0.25) is 4.79 Å². The molecule has 0 atom stereocenters. The van der Waals surface area contributed by atoms with Gasteiger partial charge in [-0.05, 0) is 0 Å². The number of nitrogens with zero attached hydrogens (tertiary/aromatic N) is 1. The van der Waals surface area contributed by atoms with E-state index in [2.05, 4.69) is 5.16 Å². The normalized spacial score (nSPS) is 11.6. The Morgan fingerprint density at radius 2 is 2.23 bits per heavy atom. The van der Waals surface area contributed by atoms with Gasteiger partial charge in [-0.15, -0.1) is 0 Å². The van der Waals surface area contributed by atoms with Gasteiger partial charge in [-0.25, -0.2) is 0 Å². The molecular weight excluding hydrogens is 170 g/mol. The SMILES string of the molecule is CC(C)(C)c1cc(CC(=O)O)no1. The smallest absolute Gasteiger partial charge is 0.309 e. The molecule has 0 aliphatic carbocycles. The largest absolute Gasteiger partial charge is 0.481 e. The van der Waals surface area contributed by atoms with Gasteiger partial charge in [-0.2, -0.15) is 0 Å². The maximum absolute atomic E-state index is 10.3. The predicted octanol–water partition coefficient (Wildman–Crippen LogP) is 1.60. The van der Waals surface area contributed by atoms with Crippen LogP contribution in [0.4, 0.5) is 0 Å². The van der Waals surface area contributed by atoms with E-state index < -0.39 is 5.97 Å². The molecule has 13 heavy (non-hydrogen) atoms. The molecule has 0 saturated carbocycles. The molecule has 4 heteroatoms. The summed E-state index contributed by atoms with van der Waals surface area (Å²) in [5.41, 5.74) is 0.349. The van der Waals surface area contributed by atoms with Crippen LogP contribution in [-0.4, -0.2) is 16.2 Å². The van der Waals surface area contributed by atoms with Crippen molar-refractivity contribution in [1.29, 1.82) is 0 Å². The first-order valence-electron chi connectivity index (χ1n) is 4.07. The van der Waals surface area contributed by atoms with Crippen LogP contribution < -0.4 is 0 Å². The van der Waals surface area contributed by atoms with Crippen LogP contribution >= 0.6 is 0 Å². The molecule has 1 aromatic heterocycles. The van der Waals surface area contributed by atoms with Crippen molar-refractivity contribution in [3.05, 3.63) is 17.5 Å². The molecule has 0 spiro atoms. The highest BCUT2D eigenvalue weighted by molar-refractivity contribution is 5.69. The summed E-state index contributed by atoms with van der Waals surface area (Å²) in [6.07, 6.45) is -0.0838. The van der Waals surface area contributed by atoms with Gasteiger partial charge >= 0.3 is 5.97 Å². The minimum atomic E-state index is -0.895. The molecule has 0 fully saturated rings. The van der Waals surface area contributed by atoms with E-state index in [1.165, 1.54) is 0 Å². The summed E-state index contributed by atoms with van der Waals surface area (Å²) in [5.74, 6) is -0.183. The van der Waals surface area contributed by atoms with Crippen LogP contribution in [0.1, 0.15) is 32.2 Å². The van der Waals surface area contributed by atoms with Gasteiger partial charge in [-0.1, -0.05) is 25.9 Å². The average molecular weight is 183 g/mol. The second-order valence-corrected chi connectivity index (χ2v) is 4.00. The van der Waals surface area contributed by atoms with Crippen molar-refractivity contribution in [3.63, 3.8) is 0 Å². The first kappa shape index (κ1) is 9.77. The van der Waals surface area contributed by atoms with Crippen molar-refractivity contribution in [3.8, 4) is 0 Å². The Balaban J connectivity index is 2.81. The van der Waals surface area contributed by atoms with Crippen LogP contribution in [0.3, 0.4) is 0 Å². The van der Waals surface area contributed by atoms with E-state index in [0.717, 1.165) is 0 Å². The van der Waals surface area contributed by atoms with E-state index in [9.17, 15) is 4.79 Å². The predicted molar refractivity (Wildman–Crippen MR) is 46.5 cm³/mol. The quantitative estimate of drug-likeness (QED) is 0.756. The molecule has 72 valence electrons. The van der Waals surface area contributed by atoms with E-state index >= 15 is 0 Å². The van der Waals surface area contributed by atoms with E-state index in [-0.39, 0.29) is 11.8 Å². The van der Waals surface area contributed by atoms with Crippen molar-refractivity contribution in [2.45, 2.75) is 32.6 Å². The average Bonchev–Trinajstić information content (AvgIpc) is 2.32. The molecular formula is C9H13NO3. The van der Waals surface area contributed by atoms with Crippen molar-refractivity contribution >= 4 is 5.97 Å². The number of hydrogen-bond acceptors (Lipinski definition) is 3. The van der Waals surface area contributed by atoms with Crippen LogP contribution in [0.15, 0.2) is 10.6 Å².